The normalized spacial score (nSPS) is 14.8. The average Bonchev–Trinajstić information content (AvgIpc) is 3.06. The molecular weight excluding hydrogens is 510 g/mol. The zero-order valence-corrected chi connectivity index (χ0v) is 20.8. The molecule has 0 fully saturated rings. The maximum Gasteiger partial charge on any atom is 0.272 e. The molecule has 1 aliphatic rings. The van der Waals surface area contributed by atoms with Crippen LogP contribution in [-0.4, -0.2) is 33.4 Å². The van der Waals surface area contributed by atoms with Gasteiger partial charge < -0.3 is 15.2 Å². The summed E-state index contributed by atoms with van der Waals surface area (Å²) in [6, 6.07) is 4.14. The summed E-state index contributed by atoms with van der Waals surface area (Å²) in [5.74, 6) is -0.182. The van der Waals surface area contributed by atoms with Gasteiger partial charge >= 0.3 is 0 Å². The zero-order chi connectivity index (χ0) is 22.9. The molecule has 0 aliphatic carbocycles. The Morgan fingerprint density at radius 3 is 2.52 bits per heavy atom. The largest absolute Gasteiger partial charge is 0.352 e. The van der Waals surface area contributed by atoms with Crippen molar-refractivity contribution in [3.63, 3.8) is 0 Å². The number of halogens is 2. The molecule has 0 unspecified atom stereocenters. The first kappa shape index (κ1) is 23.7. The third-order valence-electron chi connectivity index (χ3n) is 5.35. The number of carbonyl (C=O) groups is 2. The molecule has 3 rings (SSSR count). The highest BCUT2D eigenvalue weighted by Gasteiger charge is 2.35. The molecule has 0 saturated carbocycles. The van der Waals surface area contributed by atoms with Crippen LogP contribution in [0.15, 0.2) is 18.2 Å². The van der Waals surface area contributed by atoms with Gasteiger partial charge in [0, 0.05) is 21.7 Å². The van der Waals surface area contributed by atoms with Crippen molar-refractivity contribution in [1.29, 1.82) is 0 Å². The van der Waals surface area contributed by atoms with Crippen molar-refractivity contribution < 1.29 is 14.0 Å². The van der Waals surface area contributed by atoms with Crippen LogP contribution in [-0.2, 0) is 17.8 Å². The Bertz CT molecular complexity index is 994. The maximum absolute atomic E-state index is 13.8. The van der Waals surface area contributed by atoms with Crippen LogP contribution >= 0.6 is 22.6 Å². The number of fused-ring (bicyclic) bond motifs is 1. The van der Waals surface area contributed by atoms with Gasteiger partial charge in [0.05, 0.1) is 5.69 Å². The first-order valence-corrected chi connectivity index (χ1v) is 11.7. The van der Waals surface area contributed by atoms with Gasteiger partial charge in [0.15, 0.2) is 0 Å². The van der Waals surface area contributed by atoms with Gasteiger partial charge in [-0.05, 0) is 79.3 Å². The number of rotatable bonds is 5. The monoisotopic (exact) mass is 540 g/mol. The second-order valence-corrected chi connectivity index (χ2v) is 10.6. The summed E-state index contributed by atoms with van der Waals surface area (Å²) in [5.41, 5.74) is 1.53. The number of hydrogen-bond donors (Lipinski definition) is 2. The summed E-state index contributed by atoms with van der Waals surface area (Å²) >= 11 is 1.96. The lowest BCUT2D eigenvalue weighted by Crippen LogP contribution is -2.54. The highest BCUT2D eigenvalue weighted by molar-refractivity contribution is 14.1. The van der Waals surface area contributed by atoms with Crippen LogP contribution in [0.4, 0.5) is 4.39 Å². The summed E-state index contributed by atoms with van der Waals surface area (Å²) < 4.78 is 16.3. The van der Waals surface area contributed by atoms with Crippen molar-refractivity contribution in [1.82, 2.24) is 20.2 Å². The highest BCUT2D eigenvalue weighted by atomic mass is 127. The fraction of sp³-hybridized carbons (Fsp3) is 0.522. The molecule has 1 aliphatic heterocycles. The predicted octanol–water partition coefficient (Wildman–Crippen LogP) is 4.30. The van der Waals surface area contributed by atoms with E-state index in [1.54, 1.807) is 12.1 Å². The Balaban J connectivity index is 1.98. The van der Waals surface area contributed by atoms with Gasteiger partial charge in [0.25, 0.3) is 5.91 Å². The van der Waals surface area contributed by atoms with E-state index in [1.165, 1.54) is 6.07 Å². The standard InChI is InChI=1S/C23H30FIN4O2/c1-13(2)26-22(31)19(23(3,4)5)28-21(30)18-17-8-6-7-11-29(17)20(27-18)14-9-10-15(24)16(25)12-14/h9-10,12-13,19H,6-8,11H2,1-5H3,(H,26,31)(H,28,30)/t19-/m1/s1. The number of nitrogens with zero attached hydrogens (tertiary/aromatic N) is 2. The van der Waals surface area contributed by atoms with E-state index < -0.39 is 11.5 Å². The first-order valence-electron chi connectivity index (χ1n) is 10.6. The lowest BCUT2D eigenvalue weighted by Gasteiger charge is -2.31. The Labute approximate surface area is 196 Å². The Hall–Kier alpha value is -1.97. The van der Waals surface area contributed by atoms with Crippen molar-refractivity contribution in [2.24, 2.45) is 5.41 Å². The van der Waals surface area contributed by atoms with Crippen LogP contribution in [0, 0.1) is 14.8 Å². The number of carbonyl (C=O) groups excluding carboxylic acids is 2. The molecule has 2 aromatic rings. The van der Waals surface area contributed by atoms with Crippen molar-refractivity contribution >= 4 is 34.4 Å². The second-order valence-electron chi connectivity index (χ2n) is 9.40. The van der Waals surface area contributed by atoms with E-state index in [-0.39, 0.29) is 23.7 Å². The molecule has 8 heteroatoms. The molecule has 2 amide bonds. The van der Waals surface area contributed by atoms with Crippen molar-refractivity contribution in [3.8, 4) is 11.4 Å². The van der Waals surface area contributed by atoms with Gasteiger partial charge in [-0.15, -0.1) is 0 Å². The van der Waals surface area contributed by atoms with Gasteiger partial charge in [-0.3, -0.25) is 9.59 Å². The van der Waals surface area contributed by atoms with Gasteiger partial charge in [-0.2, -0.15) is 0 Å². The molecular formula is C23H30FIN4O2. The van der Waals surface area contributed by atoms with Crippen LogP contribution in [0.2, 0.25) is 0 Å². The van der Waals surface area contributed by atoms with Gasteiger partial charge in [0.2, 0.25) is 5.91 Å². The van der Waals surface area contributed by atoms with Crippen molar-refractivity contribution in [2.45, 2.75) is 72.5 Å². The van der Waals surface area contributed by atoms with Crippen LogP contribution in [0.3, 0.4) is 0 Å². The lowest BCUT2D eigenvalue weighted by atomic mass is 9.85. The van der Waals surface area contributed by atoms with E-state index in [9.17, 15) is 14.0 Å². The number of aromatic nitrogens is 2. The fourth-order valence-corrected chi connectivity index (χ4v) is 4.34. The number of amides is 2. The summed E-state index contributed by atoms with van der Waals surface area (Å²) in [4.78, 5) is 30.7. The highest BCUT2D eigenvalue weighted by Crippen LogP contribution is 2.29. The average molecular weight is 540 g/mol. The summed E-state index contributed by atoms with van der Waals surface area (Å²) in [6.45, 7) is 10.3. The van der Waals surface area contributed by atoms with Gasteiger partial charge in [-0.25, -0.2) is 9.37 Å². The minimum Gasteiger partial charge on any atom is -0.352 e. The van der Waals surface area contributed by atoms with E-state index in [0.717, 1.165) is 37.1 Å². The molecule has 0 saturated heterocycles. The van der Waals surface area contributed by atoms with Crippen LogP contribution < -0.4 is 10.6 Å². The van der Waals surface area contributed by atoms with E-state index in [4.69, 9.17) is 0 Å². The van der Waals surface area contributed by atoms with Gasteiger partial charge in [0.1, 0.15) is 23.4 Å². The topological polar surface area (TPSA) is 76.0 Å². The molecule has 6 nitrogen and oxygen atoms in total. The second kappa shape index (κ2) is 9.26. The number of nitrogens with one attached hydrogen (secondary N) is 2. The van der Waals surface area contributed by atoms with Gasteiger partial charge in [-0.1, -0.05) is 20.8 Å². The third kappa shape index (κ3) is 5.27. The summed E-state index contributed by atoms with van der Waals surface area (Å²) in [5, 5.41) is 5.82. The molecule has 0 spiro atoms. The van der Waals surface area contributed by atoms with Crippen LogP contribution in [0.25, 0.3) is 11.4 Å². The van der Waals surface area contributed by atoms with Crippen LogP contribution in [0.5, 0.6) is 0 Å². The van der Waals surface area contributed by atoms with E-state index >= 15 is 0 Å². The molecule has 1 aromatic heterocycles. The number of benzene rings is 1. The molecule has 2 N–H and O–H groups in total. The number of hydrogen-bond acceptors (Lipinski definition) is 3. The molecule has 1 aromatic carbocycles. The predicted molar refractivity (Wildman–Crippen MR) is 127 cm³/mol. The maximum atomic E-state index is 13.8. The minimum atomic E-state index is -0.696. The SMILES string of the molecule is CC(C)NC(=O)[C@@H](NC(=O)c1nc(-c2ccc(F)c(I)c2)n2c1CCCC2)C(C)(C)C. The molecule has 0 radical (unpaired) electrons. The molecule has 2 heterocycles. The Morgan fingerprint density at radius 2 is 1.90 bits per heavy atom. The number of imidazole rings is 1. The van der Waals surface area contributed by atoms with E-state index in [2.05, 4.69) is 20.2 Å². The van der Waals surface area contributed by atoms with E-state index in [0.29, 0.717) is 15.1 Å². The third-order valence-corrected chi connectivity index (χ3v) is 6.17. The quantitative estimate of drug-likeness (QED) is 0.556. The first-order chi connectivity index (χ1) is 14.5. The molecule has 0 bridgehead atoms. The molecule has 168 valence electrons. The molecule has 1 atom stereocenters. The Morgan fingerprint density at radius 1 is 1.19 bits per heavy atom. The Kier molecular flexibility index (Phi) is 7.08. The van der Waals surface area contributed by atoms with Crippen LogP contribution in [0.1, 0.15) is 63.6 Å². The molecule has 31 heavy (non-hydrogen) atoms. The summed E-state index contributed by atoms with van der Waals surface area (Å²) in [6.07, 6.45) is 2.71. The fourth-order valence-electron chi connectivity index (χ4n) is 3.82. The zero-order valence-electron chi connectivity index (χ0n) is 18.7. The van der Waals surface area contributed by atoms with Crippen molar-refractivity contribution in [2.75, 3.05) is 0 Å². The smallest absolute Gasteiger partial charge is 0.272 e. The van der Waals surface area contributed by atoms with E-state index in [1.807, 2.05) is 57.2 Å². The minimum absolute atomic E-state index is 0.0258. The van der Waals surface area contributed by atoms with Crippen molar-refractivity contribution in [3.05, 3.63) is 39.0 Å². The summed E-state index contributed by atoms with van der Waals surface area (Å²) in [7, 11) is 0. The lowest BCUT2D eigenvalue weighted by molar-refractivity contribution is -0.125.